The normalized spacial score (nSPS) is 37.1. The number of hydrogen-bond donors (Lipinski definition) is 3. The lowest BCUT2D eigenvalue weighted by molar-refractivity contribution is -0.153. The quantitative estimate of drug-likeness (QED) is 0.681. The fraction of sp³-hybridized carbons (Fsp3) is 0.812. The zero-order valence-corrected chi connectivity index (χ0v) is 13.7. The van der Waals surface area contributed by atoms with Gasteiger partial charge in [-0.3, -0.25) is 15.0 Å². The van der Waals surface area contributed by atoms with Gasteiger partial charge in [-0.25, -0.2) is 10.2 Å². The molecule has 0 aromatic heterocycles. The first kappa shape index (κ1) is 16.1. The molecule has 7 heteroatoms. The van der Waals surface area contributed by atoms with Gasteiger partial charge in [0.2, 0.25) is 11.8 Å². The average Bonchev–Trinajstić information content (AvgIpc) is 2.42. The minimum Gasteiger partial charge on any atom is -0.449 e. The highest BCUT2D eigenvalue weighted by Crippen LogP contribution is 2.61. The van der Waals surface area contributed by atoms with Crippen molar-refractivity contribution >= 4 is 17.9 Å². The summed E-state index contributed by atoms with van der Waals surface area (Å²) < 4.78 is 4.76. The van der Waals surface area contributed by atoms with Crippen LogP contribution in [0.1, 0.15) is 52.4 Å². The minimum atomic E-state index is -0.651. The molecule has 3 N–H and O–H groups in total. The Morgan fingerprint density at radius 2 is 1.74 bits per heavy atom. The zero-order chi connectivity index (χ0) is 16.7. The van der Waals surface area contributed by atoms with Crippen molar-refractivity contribution in [1.29, 1.82) is 0 Å². The summed E-state index contributed by atoms with van der Waals surface area (Å²) in [5, 5.41) is 3.12. The van der Waals surface area contributed by atoms with E-state index in [1.165, 1.54) is 6.92 Å². The van der Waals surface area contributed by atoms with Gasteiger partial charge in [-0.05, 0) is 57.3 Å². The number of ether oxygens (including phenoxy) is 1. The molecule has 2 atom stereocenters. The van der Waals surface area contributed by atoms with E-state index in [0.717, 1.165) is 32.1 Å². The number of hydrogen-bond acceptors (Lipinski definition) is 4. The second kappa shape index (κ2) is 5.69. The smallest absolute Gasteiger partial charge is 0.426 e. The standard InChI is InChI=1S/C16H25N3O4/c1-3-23-14(22)19-18-13(21)15-5-11-4-12(6-15)8-16(7-11,9-15)17-10(2)20/h11-12H,3-9H2,1-2H3,(H,17,20)(H,18,21)(H,19,22)/t11-,12-,15?,16?/m1/s1. The minimum absolute atomic E-state index is 0.0350. The summed E-state index contributed by atoms with van der Waals surface area (Å²) in [4.78, 5) is 35.7. The van der Waals surface area contributed by atoms with Crippen molar-refractivity contribution in [2.45, 2.75) is 57.9 Å². The van der Waals surface area contributed by atoms with Gasteiger partial charge in [0.25, 0.3) is 0 Å². The number of rotatable bonds is 3. The van der Waals surface area contributed by atoms with Crippen LogP contribution in [0.25, 0.3) is 0 Å². The molecule has 23 heavy (non-hydrogen) atoms. The molecule has 4 aliphatic carbocycles. The fourth-order valence-electron chi connectivity index (χ4n) is 5.46. The van der Waals surface area contributed by atoms with Gasteiger partial charge in [0.05, 0.1) is 12.0 Å². The van der Waals surface area contributed by atoms with E-state index in [4.69, 9.17) is 4.74 Å². The maximum atomic E-state index is 12.7. The Morgan fingerprint density at radius 3 is 2.30 bits per heavy atom. The zero-order valence-electron chi connectivity index (χ0n) is 13.7. The lowest BCUT2D eigenvalue weighted by atomic mass is 9.46. The molecule has 0 aromatic rings. The molecule has 0 aliphatic heterocycles. The SMILES string of the molecule is CCOC(=O)NNC(=O)C12C[C@H]3C[C@@H](CC(NC(C)=O)(C3)C1)C2. The number of amides is 3. The van der Waals surface area contributed by atoms with Crippen molar-refractivity contribution in [3.05, 3.63) is 0 Å². The summed E-state index contributed by atoms with van der Waals surface area (Å²) in [5.74, 6) is 0.745. The third-order valence-electron chi connectivity index (χ3n) is 5.54. The Bertz CT molecular complexity index is 519. The number of nitrogens with one attached hydrogen (secondary N) is 3. The molecule has 0 unspecified atom stereocenters. The van der Waals surface area contributed by atoms with Crippen LogP contribution in [-0.4, -0.2) is 30.1 Å². The Morgan fingerprint density at radius 1 is 1.09 bits per heavy atom. The molecule has 0 heterocycles. The van der Waals surface area contributed by atoms with Gasteiger partial charge in [-0.1, -0.05) is 0 Å². The van der Waals surface area contributed by atoms with Crippen molar-refractivity contribution in [3.63, 3.8) is 0 Å². The summed E-state index contributed by atoms with van der Waals surface area (Å²) in [5.41, 5.74) is 4.09. The van der Waals surface area contributed by atoms with E-state index in [1.807, 2.05) is 0 Å². The predicted molar refractivity (Wildman–Crippen MR) is 82.0 cm³/mol. The molecular formula is C16H25N3O4. The highest BCUT2D eigenvalue weighted by Gasteiger charge is 2.60. The van der Waals surface area contributed by atoms with Crippen LogP contribution < -0.4 is 16.2 Å². The first-order chi connectivity index (χ1) is 10.9. The van der Waals surface area contributed by atoms with Gasteiger partial charge in [-0.15, -0.1) is 0 Å². The molecular weight excluding hydrogens is 298 g/mol. The Hall–Kier alpha value is -1.79. The summed E-state index contributed by atoms with van der Waals surface area (Å²) in [6, 6.07) is 0. The van der Waals surface area contributed by atoms with E-state index in [-0.39, 0.29) is 24.0 Å². The van der Waals surface area contributed by atoms with Crippen molar-refractivity contribution < 1.29 is 19.1 Å². The van der Waals surface area contributed by atoms with E-state index in [1.54, 1.807) is 6.92 Å². The molecule has 4 bridgehead atoms. The Balaban J connectivity index is 1.72. The number of hydrazine groups is 1. The predicted octanol–water partition coefficient (Wildman–Crippen LogP) is 1.24. The van der Waals surface area contributed by atoms with E-state index >= 15 is 0 Å². The van der Waals surface area contributed by atoms with Crippen LogP contribution in [-0.2, 0) is 14.3 Å². The topological polar surface area (TPSA) is 96.5 Å². The molecule has 0 saturated heterocycles. The van der Waals surface area contributed by atoms with Gasteiger partial charge >= 0.3 is 6.09 Å². The molecule has 7 nitrogen and oxygen atoms in total. The molecule has 3 amide bonds. The van der Waals surface area contributed by atoms with Crippen LogP contribution in [0.2, 0.25) is 0 Å². The van der Waals surface area contributed by atoms with Crippen molar-refractivity contribution in [3.8, 4) is 0 Å². The van der Waals surface area contributed by atoms with E-state index in [9.17, 15) is 14.4 Å². The molecule has 0 radical (unpaired) electrons. The van der Waals surface area contributed by atoms with Gasteiger partial charge < -0.3 is 10.1 Å². The van der Waals surface area contributed by atoms with E-state index in [2.05, 4.69) is 16.2 Å². The first-order valence-corrected chi connectivity index (χ1v) is 8.38. The van der Waals surface area contributed by atoms with E-state index in [0.29, 0.717) is 18.3 Å². The highest BCUT2D eigenvalue weighted by atomic mass is 16.5. The highest BCUT2D eigenvalue weighted by molar-refractivity contribution is 5.85. The van der Waals surface area contributed by atoms with Crippen LogP contribution in [0.3, 0.4) is 0 Å². The van der Waals surface area contributed by atoms with Crippen LogP contribution in [0.5, 0.6) is 0 Å². The maximum absolute atomic E-state index is 12.7. The van der Waals surface area contributed by atoms with Crippen LogP contribution in [0, 0.1) is 17.3 Å². The Kier molecular flexibility index (Phi) is 3.98. The van der Waals surface area contributed by atoms with Crippen molar-refractivity contribution in [2.24, 2.45) is 17.3 Å². The molecule has 0 spiro atoms. The molecule has 4 fully saturated rings. The summed E-state index contributed by atoms with van der Waals surface area (Å²) >= 11 is 0. The van der Waals surface area contributed by atoms with Crippen LogP contribution in [0.4, 0.5) is 4.79 Å². The third-order valence-corrected chi connectivity index (χ3v) is 5.54. The second-order valence-corrected chi connectivity index (χ2v) is 7.50. The van der Waals surface area contributed by atoms with Gasteiger partial charge in [0, 0.05) is 12.5 Å². The molecule has 0 aromatic carbocycles. The van der Waals surface area contributed by atoms with Gasteiger partial charge in [0.15, 0.2) is 0 Å². The van der Waals surface area contributed by atoms with Gasteiger partial charge in [-0.2, -0.15) is 0 Å². The van der Waals surface area contributed by atoms with Crippen molar-refractivity contribution in [2.75, 3.05) is 6.61 Å². The second-order valence-electron chi connectivity index (χ2n) is 7.50. The van der Waals surface area contributed by atoms with Crippen LogP contribution in [0.15, 0.2) is 0 Å². The Labute approximate surface area is 135 Å². The lowest BCUT2D eigenvalue weighted by Crippen LogP contribution is -2.66. The van der Waals surface area contributed by atoms with E-state index < -0.39 is 11.5 Å². The summed E-state index contributed by atoms with van der Waals surface area (Å²) in [7, 11) is 0. The number of carbonyl (C=O) groups excluding carboxylic acids is 3. The molecule has 4 aliphatic rings. The van der Waals surface area contributed by atoms with Crippen molar-refractivity contribution in [1.82, 2.24) is 16.2 Å². The fourth-order valence-corrected chi connectivity index (χ4v) is 5.46. The monoisotopic (exact) mass is 323 g/mol. The average molecular weight is 323 g/mol. The largest absolute Gasteiger partial charge is 0.449 e. The molecule has 128 valence electrons. The molecule has 4 saturated carbocycles. The third kappa shape index (κ3) is 3.01. The maximum Gasteiger partial charge on any atom is 0.426 e. The number of carbonyl (C=O) groups is 3. The van der Waals surface area contributed by atoms with Crippen LogP contribution >= 0.6 is 0 Å². The first-order valence-electron chi connectivity index (χ1n) is 8.38. The van der Waals surface area contributed by atoms with Gasteiger partial charge in [0.1, 0.15) is 0 Å². The summed E-state index contributed by atoms with van der Waals surface area (Å²) in [6.45, 7) is 3.49. The molecule has 4 rings (SSSR count). The lowest BCUT2D eigenvalue weighted by Gasteiger charge is -2.61. The summed E-state index contributed by atoms with van der Waals surface area (Å²) in [6.07, 6.45) is 4.74.